The van der Waals surface area contributed by atoms with E-state index in [1.807, 2.05) is 6.07 Å². The highest BCUT2D eigenvalue weighted by Gasteiger charge is 2.09. The fraction of sp³-hybridized carbons (Fsp3) is 0.273. The third-order valence-electron chi connectivity index (χ3n) is 1.68. The average molecular weight is 283 g/mol. The maximum absolute atomic E-state index is 11.3. The molecule has 0 bridgehead atoms. The average Bonchev–Trinajstić information content (AvgIpc) is 2.19. The van der Waals surface area contributed by atoms with E-state index >= 15 is 0 Å². The second-order valence-electron chi connectivity index (χ2n) is 3.38. The van der Waals surface area contributed by atoms with Crippen molar-refractivity contribution in [2.45, 2.75) is 20.0 Å². The van der Waals surface area contributed by atoms with Gasteiger partial charge in [-0.15, -0.1) is 0 Å². The van der Waals surface area contributed by atoms with E-state index in [9.17, 15) is 4.79 Å². The molecule has 0 aromatic heterocycles. The molecule has 1 aromatic rings. The van der Waals surface area contributed by atoms with Gasteiger partial charge in [0.05, 0.1) is 17.4 Å². The Labute approximate surface area is 102 Å². The molecule has 4 nitrogen and oxygen atoms in total. The van der Waals surface area contributed by atoms with E-state index in [4.69, 9.17) is 10.00 Å². The van der Waals surface area contributed by atoms with Gasteiger partial charge in [0.15, 0.2) is 0 Å². The lowest BCUT2D eigenvalue weighted by Gasteiger charge is -2.10. The molecule has 0 saturated heterocycles. The zero-order valence-electron chi connectivity index (χ0n) is 8.95. The van der Waals surface area contributed by atoms with Crippen molar-refractivity contribution in [3.05, 3.63) is 28.2 Å². The SMILES string of the molecule is CC(C)OC(=O)Nc1ccc(Br)cc1C#N. The number of carbonyl (C=O) groups is 1. The summed E-state index contributed by atoms with van der Waals surface area (Å²) < 4.78 is 5.70. The van der Waals surface area contributed by atoms with Crippen LogP contribution in [0.2, 0.25) is 0 Å². The van der Waals surface area contributed by atoms with Crippen LogP contribution in [0.15, 0.2) is 22.7 Å². The molecule has 5 heteroatoms. The highest BCUT2D eigenvalue weighted by Crippen LogP contribution is 2.20. The number of nitrogens with zero attached hydrogens (tertiary/aromatic N) is 1. The summed E-state index contributed by atoms with van der Waals surface area (Å²) >= 11 is 3.25. The Morgan fingerprint density at radius 3 is 2.81 bits per heavy atom. The van der Waals surface area contributed by atoms with Crippen LogP contribution >= 0.6 is 15.9 Å². The second kappa shape index (κ2) is 5.52. The third-order valence-corrected chi connectivity index (χ3v) is 2.17. The summed E-state index contributed by atoms with van der Waals surface area (Å²) in [5, 5.41) is 11.4. The largest absolute Gasteiger partial charge is 0.447 e. The predicted molar refractivity (Wildman–Crippen MR) is 64.1 cm³/mol. The number of ether oxygens (including phenoxy) is 1. The van der Waals surface area contributed by atoms with E-state index in [0.29, 0.717) is 11.3 Å². The van der Waals surface area contributed by atoms with Crippen LogP contribution in [0.25, 0.3) is 0 Å². The van der Waals surface area contributed by atoms with Crippen LogP contribution in [0.5, 0.6) is 0 Å². The summed E-state index contributed by atoms with van der Waals surface area (Å²) in [5.41, 5.74) is 0.825. The number of halogens is 1. The fourth-order valence-corrected chi connectivity index (χ4v) is 1.43. The van der Waals surface area contributed by atoms with Gasteiger partial charge in [-0.1, -0.05) is 15.9 Å². The van der Waals surface area contributed by atoms with E-state index in [2.05, 4.69) is 21.2 Å². The molecule has 0 unspecified atom stereocenters. The molecule has 1 aromatic carbocycles. The summed E-state index contributed by atoms with van der Waals surface area (Å²) in [7, 11) is 0. The van der Waals surface area contributed by atoms with Crippen LogP contribution in [-0.4, -0.2) is 12.2 Å². The Kier molecular flexibility index (Phi) is 4.32. The molecule has 0 aliphatic rings. The minimum absolute atomic E-state index is 0.194. The predicted octanol–water partition coefficient (Wildman–Crippen LogP) is 3.28. The van der Waals surface area contributed by atoms with Crippen molar-refractivity contribution in [2.75, 3.05) is 5.32 Å². The van der Waals surface area contributed by atoms with Gasteiger partial charge in [-0.3, -0.25) is 5.32 Å². The number of anilines is 1. The molecule has 84 valence electrons. The zero-order valence-corrected chi connectivity index (χ0v) is 10.5. The second-order valence-corrected chi connectivity index (χ2v) is 4.30. The number of benzene rings is 1. The van der Waals surface area contributed by atoms with Gasteiger partial charge in [0.2, 0.25) is 0 Å². The van der Waals surface area contributed by atoms with Crippen LogP contribution in [0.3, 0.4) is 0 Å². The van der Waals surface area contributed by atoms with Crippen LogP contribution in [0, 0.1) is 11.3 Å². The summed E-state index contributed by atoms with van der Waals surface area (Å²) in [5.74, 6) is 0. The highest BCUT2D eigenvalue weighted by atomic mass is 79.9. The molecule has 0 atom stereocenters. The number of hydrogen-bond acceptors (Lipinski definition) is 3. The molecular weight excluding hydrogens is 272 g/mol. The Bertz CT molecular complexity index is 438. The third kappa shape index (κ3) is 3.55. The van der Waals surface area contributed by atoms with Crippen LogP contribution < -0.4 is 5.32 Å². The molecule has 1 amide bonds. The smallest absolute Gasteiger partial charge is 0.411 e. The lowest BCUT2D eigenvalue weighted by molar-refractivity contribution is 0.130. The van der Waals surface area contributed by atoms with E-state index in [-0.39, 0.29) is 6.10 Å². The molecule has 0 fully saturated rings. The molecular formula is C11H11BrN2O2. The molecule has 0 spiro atoms. The maximum atomic E-state index is 11.3. The zero-order chi connectivity index (χ0) is 12.1. The van der Waals surface area contributed by atoms with Gasteiger partial charge >= 0.3 is 6.09 Å². The minimum atomic E-state index is -0.561. The molecule has 0 aliphatic heterocycles. The number of nitriles is 1. The van der Waals surface area contributed by atoms with Gasteiger partial charge in [-0.25, -0.2) is 4.79 Å². The Morgan fingerprint density at radius 2 is 2.25 bits per heavy atom. The lowest BCUT2D eigenvalue weighted by atomic mass is 10.2. The van der Waals surface area contributed by atoms with Crippen LogP contribution in [-0.2, 0) is 4.74 Å². The Balaban J connectivity index is 2.82. The quantitative estimate of drug-likeness (QED) is 0.906. The standard InChI is InChI=1S/C11H11BrN2O2/c1-7(2)16-11(15)14-10-4-3-9(12)5-8(10)6-13/h3-5,7H,1-2H3,(H,14,15). The summed E-state index contributed by atoms with van der Waals surface area (Å²) in [4.78, 5) is 11.3. The first-order chi connectivity index (χ1) is 7.52. The number of amides is 1. The van der Waals surface area contributed by atoms with Gasteiger partial charge in [0.1, 0.15) is 6.07 Å². The van der Waals surface area contributed by atoms with Crippen molar-refractivity contribution in [1.82, 2.24) is 0 Å². The van der Waals surface area contributed by atoms with E-state index < -0.39 is 6.09 Å². The van der Waals surface area contributed by atoms with Crippen molar-refractivity contribution in [1.29, 1.82) is 5.26 Å². The number of carbonyl (C=O) groups excluding carboxylic acids is 1. The lowest BCUT2D eigenvalue weighted by Crippen LogP contribution is -2.18. The van der Waals surface area contributed by atoms with Crippen molar-refractivity contribution in [3.8, 4) is 6.07 Å². The van der Waals surface area contributed by atoms with Crippen molar-refractivity contribution < 1.29 is 9.53 Å². The molecule has 0 saturated carbocycles. The first kappa shape index (κ1) is 12.5. The van der Waals surface area contributed by atoms with Crippen molar-refractivity contribution >= 4 is 27.7 Å². The summed E-state index contributed by atoms with van der Waals surface area (Å²) in [6.45, 7) is 3.51. The van der Waals surface area contributed by atoms with E-state index in [1.165, 1.54) is 0 Å². The molecule has 0 aliphatic carbocycles. The van der Waals surface area contributed by atoms with Crippen molar-refractivity contribution in [2.24, 2.45) is 0 Å². The van der Waals surface area contributed by atoms with Gasteiger partial charge in [-0.2, -0.15) is 5.26 Å². The molecule has 0 heterocycles. The first-order valence-electron chi connectivity index (χ1n) is 4.70. The van der Waals surface area contributed by atoms with E-state index in [0.717, 1.165) is 4.47 Å². The van der Waals surface area contributed by atoms with Crippen molar-refractivity contribution in [3.63, 3.8) is 0 Å². The topological polar surface area (TPSA) is 62.1 Å². The van der Waals surface area contributed by atoms with Crippen LogP contribution in [0.1, 0.15) is 19.4 Å². The molecule has 16 heavy (non-hydrogen) atoms. The van der Waals surface area contributed by atoms with Gasteiger partial charge in [-0.05, 0) is 32.0 Å². The first-order valence-corrected chi connectivity index (χ1v) is 5.49. The summed E-state index contributed by atoms with van der Waals surface area (Å²) in [6.07, 6.45) is -0.755. The fourth-order valence-electron chi connectivity index (χ4n) is 1.07. The van der Waals surface area contributed by atoms with E-state index in [1.54, 1.807) is 32.0 Å². The molecule has 1 rings (SSSR count). The Morgan fingerprint density at radius 1 is 1.56 bits per heavy atom. The van der Waals surface area contributed by atoms with Gasteiger partial charge in [0.25, 0.3) is 0 Å². The number of nitrogens with one attached hydrogen (secondary N) is 1. The van der Waals surface area contributed by atoms with Gasteiger partial charge in [0, 0.05) is 4.47 Å². The van der Waals surface area contributed by atoms with Gasteiger partial charge < -0.3 is 4.74 Å². The molecule has 1 N–H and O–H groups in total. The highest BCUT2D eigenvalue weighted by molar-refractivity contribution is 9.10. The summed E-state index contributed by atoms with van der Waals surface area (Å²) in [6, 6.07) is 7.01. The number of hydrogen-bond donors (Lipinski definition) is 1. The monoisotopic (exact) mass is 282 g/mol. The Hall–Kier alpha value is -1.54. The van der Waals surface area contributed by atoms with Crippen LogP contribution in [0.4, 0.5) is 10.5 Å². The molecule has 0 radical (unpaired) electrons. The number of rotatable bonds is 2. The normalized spacial score (nSPS) is 9.69. The minimum Gasteiger partial charge on any atom is -0.447 e. The maximum Gasteiger partial charge on any atom is 0.411 e.